The molecule has 18 heavy (non-hydrogen) atoms. The van der Waals surface area contributed by atoms with Gasteiger partial charge in [0.2, 0.25) is 0 Å². The van der Waals surface area contributed by atoms with Gasteiger partial charge in [0, 0.05) is 16.3 Å². The van der Waals surface area contributed by atoms with Gasteiger partial charge in [-0.3, -0.25) is 4.79 Å². The Morgan fingerprint density at radius 1 is 1.00 bits per heavy atom. The van der Waals surface area contributed by atoms with Gasteiger partial charge in [-0.25, -0.2) is 0 Å². The lowest BCUT2D eigenvalue weighted by Crippen LogP contribution is -2.11. The molecule has 0 atom stereocenters. The number of carbonyl (C=O) groups excluding carboxylic acids is 1. The van der Waals surface area contributed by atoms with Crippen LogP contribution in [-0.4, -0.2) is 5.91 Å². The highest BCUT2D eigenvalue weighted by Crippen LogP contribution is 2.16. The van der Waals surface area contributed by atoms with E-state index in [9.17, 15) is 4.79 Å². The van der Waals surface area contributed by atoms with Crippen LogP contribution in [-0.2, 0) is 0 Å². The van der Waals surface area contributed by atoms with Crippen LogP contribution in [0.2, 0.25) is 5.02 Å². The van der Waals surface area contributed by atoms with Crippen LogP contribution in [0.1, 0.15) is 21.5 Å². The fourth-order valence-electron chi connectivity index (χ4n) is 1.62. The number of amides is 1. The largest absolute Gasteiger partial charge is 0.322 e. The highest BCUT2D eigenvalue weighted by Gasteiger charge is 2.06. The molecule has 92 valence electrons. The van der Waals surface area contributed by atoms with Gasteiger partial charge in [0.15, 0.2) is 0 Å². The Kier molecular flexibility index (Phi) is 3.68. The van der Waals surface area contributed by atoms with Crippen molar-refractivity contribution in [3.8, 4) is 0 Å². The third-order valence-electron chi connectivity index (χ3n) is 2.87. The van der Waals surface area contributed by atoms with Crippen LogP contribution in [0, 0.1) is 13.8 Å². The highest BCUT2D eigenvalue weighted by atomic mass is 35.5. The second-order valence-electron chi connectivity index (χ2n) is 4.26. The van der Waals surface area contributed by atoms with Gasteiger partial charge in [-0.2, -0.15) is 0 Å². The molecule has 2 aromatic carbocycles. The van der Waals surface area contributed by atoms with Crippen molar-refractivity contribution in [2.45, 2.75) is 13.8 Å². The van der Waals surface area contributed by atoms with Gasteiger partial charge in [0.05, 0.1) is 0 Å². The van der Waals surface area contributed by atoms with E-state index in [2.05, 4.69) is 5.32 Å². The predicted molar refractivity (Wildman–Crippen MR) is 75.3 cm³/mol. The van der Waals surface area contributed by atoms with Gasteiger partial charge >= 0.3 is 0 Å². The molecule has 0 radical (unpaired) electrons. The number of benzene rings is 2. The predicted octanol–water partition coefficient (Wildman–Crippen LogP) is 4.21. The van der Waals surface area contributed by atoms with Gasteiger partial charge in [0.1, 0.15) is 0 Å². The fraction of sp³-hybridized carbons (Fsp3) is 0.133. The lowest BCUT2D eigenvalue weighted by molar-refractivity contribution is 0.102. The van der Waals surface area contributed by atoms with E-state index in [1.807, 2.05) is 32.0 Å². The van der Waals surface area contributed by atoms with Crippen molar-refractivity contribution >= 4 is 23.2 Å². The first kappa shape index (κ1) is 12.7. The van der Waals surface area contributed by atoms with E-state index in [1.54, 1.807) is 24.3 Å². The third-order valence-corrected chi connectivity index (χ3v) is 3.12. The summed E-state index contributed by atoms with van der Waals surface area (Å²) in [4.78, 5) is 12.0. The molecule has 0 saturated heterocycles. The standard InChI is InChI=1S/C15H14ClNO/c1-10-3-8-14(9-11(10)2)17-15(18)12-4-6-13(16)7-5-12/h3-9H,1-2H3,(H,17,18). The fourth-order valence-corrected chi connectivity index (χ4v) is 1.75. The van der Waals surface area contributed by atoms with Gasteiger partial charge < -0.3 is 5.32 Å². The zero-order valence-corrected chi connectivity index (χ0v) is 11.1. The van der Waals surface area contributed by atoms with Crippen LogP contribution < -0.4 is 5.32 Å². The average Bonchev–Trinajstić information content (AvgIpc) is 2.34. The Bertz CT molecular complexity index is 576. The molecule has 2 nitrogen and oxygen atoms in total. The Morgan fingerprint density at radius 3 is 2.28 bits per heavy atom. The van der Waals surface area contributed by atoms with E-state index in [0.29, 0.717) is 10.6 Å². The summed E-state index contributed by atoms with van der Waals surface area (Å²) >= 11 is 5.78. The molecular weight excluding hydrogens is 246 g/mol. The molecule has 0 aliphatic carbocycles. The van der Waals surface area contributed by atoms with Crippen molar-refractivity contribution in [2.24, 2.45) is 0 Å². The Balaban J connectivity index is 2.16. The molecule has 0 aliphatic heterocycles. The summed E-state index contributed by atoms with van der Waals surface area (Å²) in [7, 11) is 0. The molecule has 0 fully saturated rings. The van der Waals surface area contributed by atoms with Crippen LogP contribution in [0.5, 0.6) is 0 Å². The Labute approximate surface area is 112 Å². The normalized spacial score (nSPS) is 10.2. The quantitative estimate of drug-likeness (QED) is 0.860. The van der Waals surface area contributed by atoms with E-state index in [0.717, 1.165) is 11.3 Å². The Morgan fingerprint density at radius 2 is 1.67 bits per heavy atom. The maximum Gasteiger partial charge on any atom is 0.255 e. The topological polar surface area (TPSA) is 29.1 Å². The van der Waals surface area contributed by atoms with Crippen LogP contribution in [0.4, 0.5) is 5.69 Å². The average molecular weight is 260 g/mol. The van der Waals surface area contributed by atoms with Gasteiger partial charge in [-0.15, -0.1) is 0 Å². The molecule has 0 unspecified atom stereocenters. The second kappa shape index (κ2) is 5.23. The van der Waals surface area contributed by atoms with E-state index in [4.69, 9.17) is 11.6 Å². The van der Waals surface area contributed by atoms with Crippen molar-refractivity contribution in [3.05, 3.63) is 64.2 Å². The summed E-state index contributed by atoms with van der Waals surface area (Å²) in [5, 5.41) is 3.49. The molecule has 0 bridgehead atoms. The van der Waals surface area contributed by atoms with Crippen molar-refractivity contribution < 1.29 is 4.79 Å². The zero-order valence-electron chi connectivity index (χ0n) is 10.3. The van der Waals surface area contributed by atoms with Crippen molar-refractivity contribution in [2.75, 3.05) is 5.32 Å². The van der Waals surface area contributed by atoms with Gasteiger partial charge in [0.25, 0.3) is 5.91 Å². The zero-order chi connectivity index (χ0) is 13.1. The number of rotatable bonds is 2. The van der Waals surface area contributed by atoms with E-state index in [1.165, 1.54) is 5.56 Å². The maximum atomic E-state index is 12.0. The smallest absolute Gasteiger partial charge is 0.255 e. The summed E-state index contributed by atoms with van der Waals surface area (Å²) in [6.07, 6.45) is 0. The van der Waals surface area contributed by atoms with Crippen molar-refractivity contribution in [1.29, 1.82) is 0 Å². The number of anilines is 1. The van der Waals surface area contributed by atoms with Crippen molar-refractivity contribution in [1.82, 2.24) is 0 Å². The van der Waals surface area contributed by atoms with Crippen molar-refractivity contribution in [3.63, 3.8) is 0 Å². The minimum absolute atomic E-state index is 0.130. The molecule has 0 saturated carbocycles. The van der Waals surface area contributed by atoms with Crippen LogP contribution >= 0.6 is 11.6 Å². The summed E-state index contributed by atoms with van der Waals surface area (Å²) in [6.45, 7) is 4.06. The molecular formula is C15H14ClNO. The first-order chi connectivity index (χ1) is 8.56. The van der Waals surface area contributed by atoms with Crippen LogP contribution in [0.3, 0.4) is 0 Å². The minimum Gasteiger partial charge on any atom is -0.322 e. The Hall–Kier alpha value is -1.80. The number of halogens is 1. The van der Waals surface area contributed by atoms with Crippen LogP contribution in [0.25, 0.3) is 0 Å². The number of nitrogens with one attached hydrogen (secondary N) is 1. The number of aryl methyl sites for hydroxylation is 2. The SMILES string of the molecule is Cc1ccc(NC(=O)c2ccc(Cl)cc2)cc1C. The van der Waals surface area contributed by atoms with Crippen LogP contribution in [0.15, 0.2) is 42.5 Å². The van der Waals surface area contributed by atoms with E-state index in [-0.39, 0.29) is 5.91 Å². The maximum absolute atomic E-state index is 12.0. The minimum atomic E-state index is -0.130. The third kappa shape index (κ3) is 2.90. The number of carbonyl (C=O) groups is 1. The second-order valence-corrected chi connectivity index (χ2v) is 4.70. The van der Waals surface area contributed by atoms with E-state index < -0.39 is 0 Å². The molecule has 1 amide bonds. The summed E-state index contributed by atoms with van der Waals surface area (Å²) < 4.78 is 0. The molecule has 3 heteroatoms. The number of hydrogen-bond acceptors (Lipinski definition) is 1. The monoisotopic (exact) mass is 259 g/mol. The lowest BCUT2D eigenvalue weighted by Gasteiger charge is -2.07. The molecule has 0 spiro atoms. The number of hydrogen-bond donors (Lipinski definition) is 1. The molecule has 2 rings (SSSR count). The first-order valence-corrected chi connectivity index (χ1v) is 6.08. The molecule has 0 aromatic heterocycles. The van der Waals surface area contributed by atoms with Gasteiger partial charge in [-0.1, -0.05) is 17.7 Å². The summed E-state index contributed by atoms with van der Waals surface area (Å²) in [5.74, 6) is -0.130. The first-order valence-electron chi connectivity index (χ1n) is 5.70. The lowest BCUT2D eigenvalue weighted by atomic mass is 10.1. The summed E-state index contributed by atoms with van der Waals surface area (Å²) in [6, 6.07) is 12.7. The molecule has 0 aliphatic rings. The van der Waals surface area contributed by atoms with E-state index >= 15 is 0 Å². The molecule has 1 N–H and O–H groups in total. The highest BCUT2D eigenvalue weighted by molar-refractivity contribution is 6.30. The summed E-state index contributed by atoms with van der Waals surface area (Å²) in [5.41, 5.74) is 3.76. The molecule has 2 aromatic rings. The van der Waals surface area contributed by atoms with Gasteiger partial charge in [-0.05, 0) is 61.4 Å². The molecule has 0 heterocycles.